The number of rotatable bonds is 38. The average molecular weight is 816 g/mol. The standard InChI is InChI=1S/C22H40N2O4.C22H39NO5.Na/c1-2-3-4-5-6-7-8-9-10-11-12-13-14-15-16-17-21(26)24-19(22(27)28)18-20(23)25;1-2-3-4-5-6-7-8-9-10-11-12-13-14-15-16-17-20(24)23-19(22(27)28)18-21(25)26;/h9-10,19H,2-8,11-18H2,1H3,(H2,23,25)(H,24,26)(H,27,28);9-10,19H,2-8,11-18H2,1H3,(H,23,24)(H,25,26)(H,27,28);/q;;+1/p-1/b10-9+;10-9-;/t2*19-;/m00./s1. The molecule has 324 valence electrons. The molecule has 0 aromatic heterocycles. The predicted molar refractivity (Wildman–Crippen MR) is 221 cm³/mol. The summed E-state index contributed by atoms with van der Waals surface area (Å²) < 4.78 is 0. The van der Waals surface area contributed by atoms with Crippen LogP contribution in [0.1, 0.15) is 206 Å². The van der Waals surface area contributed by atoms with Crippen molar-refractivity contribution in [3.05, 3.63) is 24.3 Å². The van der Waals surface area contributed by atoms with Gasteiger partial charge in [0.1, 0.15) is 6.04 Å². The average Bonchev–Trinajstić information content (AvgIpc) is 3.14. The van der Waals surface area contributed by atoms with Gasteiger partial charge in [0.25, 0.3) is 0 Å². The number of hydrogen-bond acceptors (Lipinski definition) is 7. The second-order valence-corrected chi connectivity index (χ2v) is 14.8. The van der Waals surface area contributed by atoms with Crippen LogP contribution in [0.3, 0.4) is 0 Å². The van der Waals surface area contributed by atoms with E-state index in [1.807, 2.05) is 0 Å². The van der Waals surface area contributed by atoms with E-state index in [9.17, 15) is 33.9 Å². The number of nitrogens with one attached hydrogen (secondary N) is 2. The maximum atomic E-state index is 11.7. The first kappa shape index (κ1) is 58.6. The van der Waals surface area contributed by atoms with Crippen LogP contribution in [-0.4, -0.2) is 57.9 Å². The van der Waals surface area contributed by atoms with Crippen LogP contribution in [-0.2, 0) is 28.8 Å². The fraction of sp³-hybridized carbons (Fsp3) is 0.773. The molecule has 0 saturated carbocycles. The Labute approximate surface area is 366 Å². The van der Waals surface area contributed by atoms with Crippen LogP contribution in [0.25, 0.3) is 0 Å². The minimum Gasteiger partial charge on any atom is -0.548 e. The number of carboxylic acid groups (broad SMARTS) is 3. The molecule has 0 unspecified atom stereocenters. The molecule has 0 bridgehead atoms. The normalized spacial score (nSPS) is 12.0. The molecule has 0 rings (SSSR count). The quantitative estimate of drug-likeness (QED) is 0.0314. The van der Waals surface area contributed by atoms with Gasteiger partial charge in [-0.3, -0.25) is 19.2 Å². The van der Waals surface area contributed by atoms with Crippen molar-refractivity contribution in [1.29, 1.82) is 0 Å². The number of nitrogens with two attached hydrogens (primary N) is 1. The molecule has 0 aromatic carbocycles. The summed E-state index contributed by atoms with van der Waals surface area (Å²) in [6, 6.07) is -2.69. The molecule has 6 N–H and O–H groups in total. The van der Waals surface area contributed by atoms with E-state index < -0.39 is 48.2 Å². The Morgan fingerprint density at radius 1 is 0.509 bits per heavy atom. The Kier molecular flexibility index (Phi) is 45.7. The van der Waals surface area contributed by atoms with Gasteiger partial charge in [-0.15, -0.1) is 0 Å². The van der Waals surface area contributed by atoms with Crippen LogP contribution in [0.5, 0.6) is 0 Å². The summed E-state index contributed by atoms with van der Waals surface area (Å²) in [4.78, 5) is 66.5. The van der Waals surface area contributed by atoms with Crippen LogP contribution in [0, 0.1) is 0 Å². The molecular weight excluding hydrogens is 737 g/mol. The van der Waals surface area contributed by atoms with Crippen molar-refractivity contribution in [3.63, 3.8) is 0 Å². The Bertz CT molecular complexity index is 1020. The zero-order chi connectivity index (χ0) is 42.1. The Hall–Kier alpha value is -2.70. The molecule has 0 aliphatic rings. The second kappa shape index (κ2) is 44.4. The van der Waals surface area contributed by atoms with E-state index in [0.29, 0.717) is 6.42 Å². The van der Waals surface area contributed by atoms with Crippen LogP contribution in [0.4, 0.5) is 0 Å². The summed E-state index contributed by atoms with van der Waals surface area (Å²) in [6.45, 7) is 4.48. The number of carbonyl (C=O) groups excluding carboxylic acids is 4. The van der Waals surface area contributed by atoms with Gasteiger partial charge < -0.3 is 36.5 Å². The van der Waals surface area contributed by atoms with Crippen molar-refractivity contribution in [3.8, 4) is 0 Å². The Morgan fingerprint density at radius 3 is 1.12 bits per heavy atom. The molecule has 13 heteroatoms. The molecule has 3 amide bonds. The first-order chi connectivity index (χ1) is 26.9. The molecule has 12 nitrogen and oxygen atoms in total. The van der Waals surface area contributed by atoms with E-state index in [1.54, 1.807) is 0 Å². The van der Waals surface area contributed by atoms with E-state index in [1.165, 1.54) is 96.3 Å². The number of primary amides is 1. The fourth-order valence-electron chi connectivity index (χ4n) is 6.01. The van der Waals surface area contributed by atoms with Crippen molar-refractivity contribution in [1.82, 2.24) is 10.6 Å². The number of unbranched alkanes of at least 4 members (excludes halogenated alkanes) is 22. The van der Waals surface area contributed by atoms with Crippen LogP contribution < -0.4 is 51.0 Å². The number of amides is 3. The summed E-state index contributed by atoms with van der Waals surface area (Å²) in [6.07, 6.45) is 39.1. The van der Waals surface area contributed by atoms with E-state index in [0.717, 1.165) is 64.2 Å². The minimum atomic E-state index is -1.57. The molecule has 0 radical (unpaired) electrons. The molecule has 0 spiro atoms. The van der Waals surface area contributed by atoms with Gasteiger partial charge in [-0.05, 0) is 64.2 Å². The number of carboxylic acids is 3. The zero-order valence-electron chi connectivity index (χ0n) is 36.0. The number of allylic oxidation sites excluding steroid dienone is 4. The van der Waals surface area contributed by atoms with E-state index in [2.05, 4.69) is 48.8 Å². The molecule has 0 fully saturated rings. The van der Waals surface area contributed by atoms with Crippen molar-refractivity contribution in [2.75, 3.05) is 0 Å². The van der Waals surface area contributed by atoms with Gasteiger partial charge >= 0.3 is 41.5 Å². The fourth-order valence-corrected chi connectivity index (χ4v) is 6.01. The molecular formula is C44H78N3NaO9. The third-order valence-electron chi connectivity index (χ3n) is 9.37. The van der Waals surface area contributed by atoms with Gasteiger partial charge in [0.2, 0.25) is 17.7 Å². The molecule has 0 heterocycles. The van der Waals surface area contributed by atoms with Gasteiger partial charge in [-0.2, -0.15) is 0 Å². The first-order valence-corrected chi connectivity index (χ1v) is 21.8. The second-order valence-electron chi connectivity index (χ2n) is 14.8. The van der Waals surface area contributed by atoms with E-state index in [-0.39, 0.29) is 54.7 Å². The van der Waals surface area contributed by atoms with E-state index >= 15 is 0 Å². The Balaban J connectivity index is -0.00000101. The first-order valence-electron chi connectivity index (χ1n) is 21.8. The molecule has 0 aliphatic heterocycles. The zero-order valence-corrected chi connectivity index (χ0v) is 38.0. The number of aliphatic carboxylic acids is 3. The topological polar surface area (TPSA) is 216 Å². The molecule has 57 heavy (non-hydrogen) atoms. The van der Waals surface area contributed by atoms with Crippen molar-refractivity contribution < 1.29 is 73.6 Å². The monoisotopic (exact) mass is 816 g/mol. The molecule has 0 aliphatic carbocycles. The number of hydrogen-bond donors (Lipinski definition) is 5. The van der Waals surface area contributed by atoms with Gasteiger partial charge in [0.15, 0.2) is 0 Å². The van der Waals surface area contributed by atoms with E-state index in [4.69, 9.17) is 15.9 Å². The third kappa shape index (κ3) is 45.9. The maximum Gasteiger partial charge on any atom is 1.00 e. The summed E-state index contributed by atoms with van der Waals surface area (Å²) in [5, 5.41) is 32.9. The summed E-state index contributed by atoms with van der Waals surface area (Å²) in [7, 11) is 0. The van der Waals surface area contributed by atoms with Crippen LogP contribution in [0.2, 0.25) is 0 Å². The van der Waals surface area contributed by atoms with Crippen LogP contribution in [0.15, 0.2) is 24.3 Å². The van der Waals surface area contributed by atoms with Crippen LogP contribution >= 0.6 is 0 Å². The SMILES string of the molecule is CCCCCCCC/C=C/CCCCCCCC(=O)N[C@@H](CC(N)=O)C(=O)O.CCCCCCCC/C=C\CCCCCCCC(=O)N[C@@H](CC(=O)O)C(=O)[O-].[Na+]. The number of carbonyl (C=O) groups is 6. The largest absolute Gasteiger partial charge is 1.00 e. The maximum absolute atomic E-state index is 11.7. The summed E-state index contributed by atoms with van der Waals surface area (Å²) in [5.41, 5.74) is 4.98. The summed E-state index contributed by atoms with van der Waals surface area (Å²) >= 11 is 0. The minimum absolute atomic E-state index is 0. The van der Waals surface area contributed by atoms with Crippen molar-refractivity contribution >= 4 is 35.6 Å². The molecule has 2 atom stereocenters. The summed E-state index contributed by atoms with van der Waals surface area (Å²) in [5.74, 6) is -5.61. The van der Waals surface area contributed by atoms with Gasteiger partial charge in [-0.25, -0.2) is 4.79 Å². The smallest absolute Gasteiger partial charge is 0.548 e. The van der Waals surface area contributed by atoms with Crippen molar-refractivity contribution in [2.45, 2.75) is 219 Å². The van der Waals surface area contributed by atoms with Gasteiger partial charge in [0.05, 0.1) is 24.9 Å². The predicted octanol–water partition coefficient (Wildman–Crippen LogP) is 5.21. The van der Waals surface area contributed by atoms with Crippen molar-refractivity contribution in [2.24, 2.45) is 5.73 Å². The third-order valence-corrected chi connectivity index (χ3v) is 9.37. The molecule has 0 saturated heterocycles. The Morgan fingerprint density at radius 2 is 0.825 bits per heavy atom. The van der Waals surface area contributed by atoms with Gasteiger partial charge in [-0.1, -0.05) is 141 Å². The molecule has 0 aromatic rings. The van der Waals surface area contributed by atoms with Gasteiger partial charge in [0, 0.05) is 12.8 Å².